The fourth-order valence-electron chi connectivity index (χ4n) is 3.30. The highest BCUT2D eigenvalue weighted by molar-refractivity contribution is 5.76. The predicted octanol–water partition coefficient (Wildman–Crippen LogP) is 1.49. The van der Waals surface area contributed by atoms with Crippen LogP contribution in [0, 0.1) is 6.92 Å². The summed E-state index contributed by atoms with van der Waals surface area (Å²) >= 11 is 0. The van der Waals surface area contributed by atoms with Crippen molar-refractivity contribution in [1.29, 1.82) is 0 Å². The monoisotopic (exact) mass is 454 g/mol. The third-order valence-corrected chi connectivity index (χ3v) is 4.98. The highest BCUT2D eigenvalue weighted by atomic mass is 19.4. The number of H-pyrrole nitrogens is 1. The predicted molar refractivity (Wildman–Crippen MR) is 112 cm³/mol. The molecule has 0 aromatic carbocycles. The first kappa shape index (κ1) is 23.5. The molecule has 0 radical (unpaired) electrons. The first-order valence-corrected chi connectivity index (χ1v) is 10.2. The normalized spacial score (nSPS) is 14.3. The third kappa shape index (κ3) is 6.19. The maximum atomic E-state index is 13.0. The van der Waals surface area contributed by atoms with Gasteiger partial charge in [-0.05, 0) is 25.5 Å². The van der Waals surface area contributed by atoms with E-state index in [-0.39, 0.29) is 43.2 Å². The number of amides is 1. The first-order chi connectivity index (χ1) is 15.3. The Bertz CT molecular complexity index is 989. The molecule has 12 heteroatoms. The Balaban J connectivity index is 1.47. The van der Waals surface area contributed by atoms with Crippen molar-refractivity contribution in [2.75, 3.05) is 49.6 Å². The molecule has 0 aliphatic carbocycles. The zero-order valence-electron chi connectivity index (χ0n) is 17.6. The van der Waals surface area contributed by atoms with E-state index >= 15 is 0 Å². The van der Waals surface area contributed by atoms with Gasteiger partial charge in [-0.2, -0.15) is 13.2 Å². The van der Waals surface area contributed by atoms with Crippen LogP contribution in [0.25, 0.3) is 0 Å². The first-order valence-electron chi connectivity index (χ1n) is 10.2. The van der Waals surface area contributed by atoms with Crippen LogP contribution in [0.3, 0.4) is 0 Å². The highest BCUT2D eigenvalue weighted by Gasteiger charge is 2.33. The van der Waals surface area contributed by atoms with Crippen molar-refractivity contribution in [2.24, 2.45) is 0 Å². The second-order valence-electron chi connectivity index (χ2n) is 7.23. The Morgan fingerprint density at radius 3 is 2.72 bits per heavy atom. The molecule has 1 amide bonds. The van der Waals surface area contributed by atoms with Gasteiger partial charge in [0.15, 0.2) is 0 Å². The fraction of sp³-hybridized carbons (Fsp3) is 0.500. The number of ether oxygens (including phenoxy) is 1. The Morgan fingerprint density at radius 2 is 2.03 bits per heavy atom. The molecule has 1 aliphatic rings. The molecule has 3 heterocycles. The van der Waals surface area contributed by atoms with Gasteiger partial charge in [-0.3, -0.25) is 14.6 Å². The van der Waals surface area contributed by atoms with Crippen LogP contribution < -0.4 is 21.1 Å². The molecule has 174 valence electrons. The smallest absolute Gasteiger partial charge is 0.378 e. The molecule has 0 atom stereocenters. The third-order valence-electron chi connectivity index (χ3n) is 4.98. The molecular weight excluding hydrogens is 429 g/mol. The van der Waals surface area contributed by atoms with Gasteiger partial charge in [0.2, 0.25) is 11.9 Å². The van der Waals surface area contributed by atoms with Crippen molar-refractivity contribution >= 4 is 17.7 Å². The van der Waals surface area contributed by atoms with Gasteiger partial charge in [0, 0.05) is 50.1 Å². The molecule has 9 nitrogen and oxygen atoms in total. The lowest BCUT2D eigenvalue weighted by atomic mass is 10.1. The van der Waals surface area contributed by atoms with Crippen LogP contribution in [0.15, 0.2) is 23.1 Å². The number of nitrogens with zero attached hydrogens (tertiary/aromatic N) is 3. The Kier molecular flexibility index (Phi) is 7.67. The van der Waals surface area contributed by atoms with Gasteiger partial charge in [0.25, 0.3) is 5.56 Å². The Morgan fingerprint density at radius 1 is 1.28 bits per heavy atom. The minimum Gasteiger partial charge on any atom is -0.378 e. The van der Waals surface area contributed by atoms with E-state index in [1.165, 1.54) is 12.3 Å². The highest BCUT2D eigenvalue weighted by Crippen LogP contribution is 2.33. The van der Waals surface area contributed by atoms with E-state index < -0.39 is 11.7 Å². The maximum Gasteiger partial charge on any atom is 0.419 e. The Labute approximate surface area is 182 Å². The van der Waals surface area contributed by atoms with Gasteiger partial charge >= 0.3 is 6.18 Å². The van der Waals surface area contributed by atoms with Crippen LogP contribution in [0.5, 0.6) is 0 Å². The number of hydrogen-bond donors (Lipinski definition) is 3. The van der Waals surface area contributed by atoms with Crippen molar-refractivity contribution in [3.63, 3.8) is 0 Å². The average molecular weight is 454 g/mol. The number of aryl methyl sites for hydroxylation is 1. The lowest BCUT2D eigenvalue weighted by Gasteiger charge is -2.27. The number of halogens is 3. The van der Waals surface area contributed by atoms with Crippen LogP contribution in [0.4, 0.5) is 24.9 Å². The maximum absolute atomic E-state index is 13.0. The van der Waals surface area contributed by atoms with Crippen LogP contribution in [-0.2, 0) is 22.1 Å². The van der Waals surface area contributed by atoms with Crippen LogP contribution in [0.1, 0.15) is 23.2 Å². The summed E-state index contributed by atoms with van der Waals surface area (Å²) in [5, 5.41) is 5.20. The standard InChI is InChI=1S/C20H25F3N6O3/c1-13-14(18(31)28-19(27-13)29-9-11-32-12-10-29)4-5-16(30)24-7-8-26-17-15(20(21,22)23)3-2-6-25-17/h2-3,6H,4-5,7-12H2,1H3,(H,24,30)(H,25,26)(H,27,28,31). The number of alkyl halides is 3. The summed E-state index contributed by atoms with van der Waals surface area (Å²) in [5.41, 5.74) is -0.171. The molecule has 0 bridgehead atoms. The van der Waals surface area contributed by atoms with E-state index in [9.17, 15) is 22.8 Å². The number of nitrogens with one attached hydrogen (secondary N) is 3. The minimum atomic E-state index is -4.52. The van der Waals surface area contributed by atoms with Gasteiger partial charge in [-0.1, -0.05) is 0 Å². The van der Waals surface area contributed by atoms with E-state index in [1.807, 2.05) is 4.90 Å². The second kappa shape index (κ2) is 10.4. The summed E-state index contributed by atoms with van der Waals surface area (Å²) in [6.45, 7) is 4.32. The summed E-state index contributed by atoms with van der Waals surface area (Å²) in [6, 6.07) is 2.15. The van der Waals surface area contributed by atoms with Gasteiger partial charge in [0.1, 0.15) is 5.82 Å². The number of hydrogen-bond acceptors (Lipinski definition) is 7. The molecule has 32 heavy (non-hydrogen) atoms. The largest absolute Gasteiger partial charge is 0.419 e. The number of aromatic nitrogens is 3. The SMILES string of the molecule is Cc1nc(N2CCOCC2)[nH]c(=O)c1CCC(=O)NCCNc1ncccc1C(F)(F)F. The van der Waals surface area contributed by atoms with Crippen LogP contribution in [0.2, 0.25) is 0 Å². The van der Waals surface area contributed by atoms with Crippen molar-refractivity contribution in [3.8, 4) is 0 Å². The van der Waals surface area contributed by atoms with E-state index in [2.05, 4.69) is 25.6 Å². The molecular formula is C20H25F3N6O3. The van der Waals surface area contributed by atoms with E-state index in [1.54, 1.807) is 6.92 Å². The summed E-state index contributed by atoms with van der Waals surface area (Å²) in [5.74, 6) is -0.120. The molecule has 3 N–H and O–H groups in total. The Hall–Kier alpha value is -3.15. The van der Waals surface area contributed by atoms with Gasteiger partial charge in [0.05, 0.1) is 18.8 Å². The zero-order valence-corrected chi connectivity index (χ0v) is 17.6. The molecule has 0 unspecified atom stereocenters. The number of carbonyl (C=O) groups is 1. The molecule has 3 rings (SSSR count). The van der Waals surface area contributed by atoms with E-state index in [0.29, 0.717) is 43.5 Å². The number of anilines is 2. The number of aromatic amines is 1. The molecule has 1 fully saturated rings. The van der Waals surface area contributed by atoms with E-state index in [0.717, 1.165) is 6.07 Å². The molecule has 0 saturated carbocycles. The van der Waals surface area contributed by atoms with Gasteiger partial charge in [-0.15, -0.1) is 0 Å². The number of morpholine rings is 1. The summed E-state index contributed by atoms with van der Waals surface area (Å²) in [6.07, 6.45) is -3.00. The molecule has 0 spiro atoms. The summed E-state index contributed by atoms with van der Waals surface area (Å²) < 4.78 is 44.1. The van der Waals surface area contributed by atoms with Gasteiger partial charge < -0.3 is 20.3 Å². The number of pyridine rings is 1. The van der Waals surface area contributed by atoms with Crippen molar-refractivity contribution in [1.82, 2.24) is 20.3 Å². The number of carbonyl (C=O) groups excluding carboxylic acids is 1. The van der Waals surface area contributed by atoms with E-state index in [4.69, 9.17) is 4.74 Å². The van der Waals surface area contributed by atoms with Gasteiger partial charge in [-0.25, -0.2) is 9.97 Å². The summed E-state index contributed by atoms with van der Waals surface area (Å²) in [4.78, 5) is 37.4. The second-order valence-corrected chi connectivity index (χ2v) is 7.23. The fourth-order valence-corrected chi connectivity index (χ4v) is 3.30. The molecule has 1 saturated heterocycles. The zero-order chi connectivity index (χ0) is 23.1. The average Bonchev–Trinajstić information content (AvgIpc) is 2.76. The van der Waals surface area contributed by atoms with Crippen molar-refractivity contribution in [2.45, 2.75) is 25.9 Å². The van der Waals surface area contributed by atoms with Crippen molar-refractivity contribution in [3.05, 3.63) is 45.5 Å². The number of rotatable bonds is 8. The van der Waals surface area contributed by atoms with Crippen molar-refractivity contribution < 1.29 is 22.7 Å². The molecule has 2 aromatic rings. The minimum absolute atomic E-state index is 0.0554. The molecule has 1 aliphatic heterocycles. The quantitative estimate of drug-likeness (QED) is 0.518. The topological polar surface area (TPSA) is 112 Å². The lowest BCUT2D eigenvalue weighted by Crippen LogP contribution is -2.38. The van der Waals surface area contributed by atoms with Crippen LogP contribution in [-0.4, -0.2) is 60.3 Å². The summed E-state index contributed by atoms with van der Waals surface area (Å²) in [7, 11) is 0. The van der Waals surface area contributed by atoms with Crippen LogP contribution >= 0.6 is 0 Å². The molecule has 2 aromatic heterocycles. The lowest BCUT2D eigenvalue weighted by molar-refractivity contribution is -0.137.